The first-order valence-electron chi connectivity index (χ1n) is 5.07. The Bertz CT molecular complexity index is 578. The average molecular weight is 251 g/mol. The van der Waals surface area contributed by atoms with Gasteiger partial charge in [0.05, 0.1) is 0 Å². The summed E-state index contributed by atoms with van der Waals surface area (Å²) >= 11 is 0. The van der Waals surface area contributed by atoms with Crippen LogP contribution in [0.3, 0.4) is 0 Å². The van der Waals surface area contributed by atoms with E-state index in [-0.39, 0.29) is 11.3 Å². The Morgan fingerprint density at radius 1 is 0.889 bits per heavy atom. The number of hydrogen-bond acceptors (Lipinski definition) is 1. The number of benzene rings is 2. The molecule has 2 nitrogen and oxygen atoms in total. The van der Waals surface area contributed by atoms with Crippen molar-refractivity contribution in [1.29, 1.82) is 0 Å². The molecule has 0 aliphatic heterocycles. The third-order valence-corrected chi connectivity index (χ3v) is 2.21. The van der Waals surface area contributed by atoms with E-state index in [0.29, 0.717) is 6.07 Å². The lowest BCUT2D eigenvalue weighted by atomic mass is 10.2. The molecule has 1 N–H and O–H groups in total. The number of anilines is 1. The van der Waals surface area contributed by atoms with E-state index < -0.39 is 23.4 Å². The van der Waals surface area contributed by atoms with Gasteiger partial charge in [-0.25, -0.2) is 13.2 Å². The number of carbonyl (C=O) groups is 1. The molecule has 92 valence electrons. The molecule has 0 aliphatic carbocycles. The lowest BCUT2D eigenvalue weighted by Gasteiger charge is -2.05. The van der Waals surface area contributed by atoms with E-state index >= 15 is 0 Å². The SMILES string of the molecule is O=C(Nc1cc(F)cc(F)c1)c1cccc(F)c1. The minimum absolute atomic E-state index is 0.0261. The van der Waals surface area contributed by atoms with Gasteiger partial charge in [-0.1, -0.05) is 6.07 Å². The zero-order valence-corrected chi connectivity index (χ0v) is 9.08. The maximum absolute atomic E-state index is 12.9. The van der Waals surface area contributed by atoms with Crippen LogP contribution >= 0.6 is 0 Å². The van der Waals surface area contributed by atoms with Crippen molar-refractivity contribution in [1.82, 2.24) is 0 Å². The predicted molar refractivity (Wildman–Crippen MR) is 60.7 cm³/mol. The fraction of sp³-hybridized carbons (Fsp3) is 0. The highest BCUT2D eigenvalue weighted by molar-refractivity contribution is 6.04. The standard InChI is InChI=1S/C13H8F3NO/c14-9-3-1-2-8(4-9)13(18)17-12-6-10(15)5-11(16)7-12/h1-7H,(H,17,18). The van der Waals surface area contributed by atoms with Gasteiger partial charge >= 0.3 is 0 Å². The quantitative estimate of drug-likeness (QED) is 0.871. The summed E-state index contributed by atoms with van der Waals surface area (Å²) in [5.74, 6) is -2.80. The van der Waals surface area contributed by atoms with Gasteiger partial charge in [0.1, 0.15) is 17.5 Å². The molecule has 0 aliphatic rings. The predicted octanol–water partition coefficient (Wildman–Crippen LogP) is 3.36. The van der Waals surface area contributed by atoms with Crippen molar-refractivity contribution in [3.8, 4) is 0 Å². The highest BCUT2D eigenvalue weighted by Gasteiger charge is 2.08. The molecule has 0 saturated heterocycles. The van der Waals surface area contributed by atoms with Gasteiger partial charge in [-0.3, -0.25) is 4.79 Å². The van der Waals surface area contributed by atoms with Crippen molar-refractivity contribution >= 4 is 11.6 Å². The summed E-state index contributed by atoms with van der Waals surface area (Å²) in [4.78, 5) is 11.7. The van der Waals surface area contributed by atoms with Gasteiger partial charge < -0.3 is 5.32 Å². The van der Waals surface area contributed by atoms with Crippen LogP contribution in [0.5, 0.6) is 0 Å². The highest BCUT2D eigenvalue weighted by Crippen LogP contribution is 2.14. The molecule has 2 aromatic carbocycles. The molecular formula is C13H8F3NO. The fourth-order valence-electron chi connectivity index (χ4n) is 1.46. The molecule has 2 aromatic rings. The summed E-state index contributed by atoms with van der Waals surface area (Å²) in [5, 5.41) is 2.28. The largest absolute Gasteiger partial charge is 0.322 e. The van der Waals surface area contributed by atoms with Crippen LogP contribution in [-0.2, 0) is 0 Å². The lowest BCUT2D eigenvalue weighted by Crippen LogP contribution is -2.12. The molecule has 0 heterocycles. The fourth-order valence-corrected chi connectivity index (χ4v) is 1.46. The Labute approximate surface area is 101 Å². The number of carbonyl (C=O) groups excluding carboxylic acids is 1. The van der Waals surface area contributed by atoms with Crippen LogP contribution in [0.25, 0.3) is 0 Å². The Morgan fingerprint density at radius 2 is 1.56 bits per heavy atom. The van der Waals surface area contributed by atoms with Crippen molar-refractivity contribution < 1.29 is 18.0 Å². The Balaban J connectivity index is 2.21. The molecule has 1 amide bonds. The minimum Gasteiger partial charge on any atom is -0.322 e. The summed E-state index contributed by atoms with van der Waals surface area (Å²) in [7, 11) is 0. The molecular weight excluding hydrogens is 243 g/mol. The third kappa shape index (κ3) is 2.88. The van der Waals surface area contributed by atoms with Crippen LogP contribution in [0.1, 0.15) is 10.4 Å². The maximum atomic E-state index is 12.9. The summed E-state index contributed by atoms with van der Waals surface area (Å²) in [6.45, 7) is 0. The topological polar surface area (TPSA) is 29.1 Å². The van der Waals surface area contributed by atoms with E-state index in [4.69, 9.17) is 0 Å². The second kappa shape index (κ2) is 4.91. The number of rotatable bonds is 2. The van der Waals surface area contributed by atoms with Crippen molar-refractivity contribution in [3.05, 3.63) is 65.5 Å². The van der Waals surface area contributed by atoms with E-state index in [1.54, 1.807) is 0 Å². The number of halogens is 3. The van der Waals surface area contributed by atoms with Gasteiger partial charge in [0.25, 0.3) is 5.91 Å². The van der Waals surface area contributed by atoms with Crippen LogP contribution in [0, 0.1) is 17.5 Å². The van der Waals surface area contributed by atoms with E-state index in [1.807, 2.05) is 0 Å². The molecule has 0 unspecified atom stereocenters. The van der Waals surface area contributed by atoms with Crippen molar-refractivity contribution in [2.45, 2.75) is 0 Å². The molecule has 0 saturated carbocycles. The maximum Gasteiger partial charge on any atom is 0.255 e. The first-order chi connectivity index (χ1) is 8.54. The normalized spacial score (nSPS) is 10.2. The summed E-state index contributed by atoms with van der Waals surface area (Å²) in [6, 6.07) is 7.63. The monoisotopic (exact) mass is 251 g/mol. The van der Waals surface area contributed by atoms with E-state index in [0.717, 1.165) is 18.2 Å². The molecule has 0 radical (unpaired) electrons. The number of hydrogen-bond donors (Lipinski definition) is 1. The van der Waals surface area contributed by atoms with Crippen molar-refractivity contribution in [2.75, 3.05) is 5.32 Å². The van der Waals surface area contributed by atoms with Crippen molar-refractivity contribution in [3.63, 3.8) is 0 Å². The Kier molecular flexibility index (Phi) is 3.32. The van der Waals surface area contributed by atoms with E-state index in [1.165, 1.54) is 18.2 Å². The Morgan fingerprint density at radius 3 is 2.17 bits per heavy atom. The Hall–Kier alpha value is -2.30. The summed E-state index contributed by atoms with van der Waals surface area (Å²) < 4.78 is 38.7. The lowest BCUT2D eigenvalue weighted by molar-refractivity contribution is 0.102. The van der Waals surface area contributed by atoms with Crippen LogP contribution in [0.15, 0.2) is 42.5 Å². The zero-order valence-electron chi connectivity index (χ0n) is 9.08. The van der Waals surface area contributed by atoms with Gasteiger partial charge in [0.15, 0.2) is 0 Å². The molecule has 0 bridgehead atoms. The zero-order chi connectivity index (χ0) is 13.1. The second-order valence-electron chi connectivity index (χ2n) is 3.62. The van der Waals surface area contributed by atoms with Gasteiger partial charge in [0.2, 0.25) is 0 Å². The number of amides is 1. The molecule has 0 aromatic heterocycles. The molecule has 0 atom stereocenters. The average Bonchev–Trinajstić information content (AvgIpc) is 2.27. The van der Waals surface area contributed by atoms with Crippen LogP contribution in [0.4, 0.5) is 18.9 Å². The van der Waals surface area contributed by atoms with E-state index in [2.05, 4.69) is 5.32 Å². The van der Waals surface area contributed by atoms with Crippen molar-refractivity contribution in [2.24, 2.45) is 0 Å². The van der Waals surface area contributed by atoms with Gasteiger partial charge in [0, 0.05) is 17.3 Å². The molecule has 0 fully saturated rings. The molecule has 2 rings (SSSR count). The first-order valence-corrected chi connectivity index (χ1v) is 5.07. The smallest absolute Gasteiger partial charge is 0.255 e. The summed E-state index contributed by atoms with van der Waals surface area (Å²) in [5.41, 5.74) is 0.0430. The number of nitrogens with one attached hydrogen (secondary N) is 1. The third-order valence-electron chi connectivity index (χ3n) is 2.21. The van der Waals surface area contributed by atoms with Gasteiger partial charge in [-0.15, -0.1) is 0 Å². The molecule has 5 heteroatoms. The van der Waals surface area contributed by atoms with Crippen LogP contribution in [0.2, 0.25) is 0 Å². The first kappa shape index (κ1) is 12.2. The van der Waals surface area contributed by atoms with Gasteiger partial charge in [-0.2, -0.15) is 0 Å². The molecule has 18 heavy (non-hydrogen) atoms. The van der Waals surface area contributed by atoms with Crippen LogP contribution in [-0.4, -0.2) is 5.91 Å². The highest BCUT2D eigenvalue weighted by atomic mass is 19.1. The molecule has 0 spiro atoms. The van der Waals surface area contributed by atoms with Gasteiger partial charge in [-0.05, 0) is 30.3 Å². The second-order valence-corrected chi connectivity index (χ2v) is 3.62. The van der Waals surface area contributed by atoms with E-state index in [9.17, 15) is 18.0 Å². The minimum atomic E-state index is -0.801. The van der Waals surface area contributed by atoms with Crippen LogP contribution < -0.4 is 5.32 Å². The summed E-state index contributed by atoms with van der Waals surface area (Å²) in [6.07, 6.45) is 0.